The number of hydrogen-bond acceptors (Lipinski definition) is 3. The monoisotopic (exact) mass is 202 g/mol. The van der Waals surface area contributed by atoms with Crippen LogP contribution in [0.5, 0.6) is 0 Å². The molecule has 0 saturated carbocycles. The summed E-state index contributed by atoms with van der Waals surface area (Å²) in [6.07, 6.45) is -3.67. The number of rotatable bonds is 0. The van der Waals surface area contributed by atoms with Crippen LogP contribution in [-0.2, 0) is 4.46 Å². The van der Waals surface area contributed by atoms with Gasteiger partial charge in [0.2, 0.25) is 0 Å². The second-order valence-corrected chi connectivity index (χ2v) is 1.41. The average Bonchev–Trinajstić information content (AvgIpc) is 1.54. The van der Waals surface area contributed by atoms with Gasteiger partial charge in [0.15, 0.2) is 0 Å². The van der Waals surface area contributed by atoms with Gasteiger partial charge >= 0.3 is 21.5 Å². The molecule has 0 unspecified atom stereocenters. The molecular weight excluding hydrogens is 196 g/mol. The van der Waals surface area contributed by atoms with Crippen molar-refractivity contribution in [1.82, 2.24) is 0 Å². The molecule has 0 aliphatic carbocycles. The van der Waals surface area contributed by atoms with Gasteiger partial charge in [-0.15, -0.1) is 0 Å². The van der Waals surface area contributed by atoms with Gasteiger partial charge in [-0.1, -0.05) is 0 Å². The zero-order chi connectivity index (χ0) is 10.7. The minimum Gasteiger partial charge on any atom is -0.511 e. The predicted octanol–water partition coefficient (Wildman–Crippen LogP) is -1.17. The number of carbonyl (C=O) groups is 2. The fraction of sp³-hybridized carbons (Fsp3) is 0. The van der Waals surface area contributed by atoms with Gasteiger partial charge in [-0.3, -0.25) is 4.46 Å². The Morgan fingerprint density at radius 3 is 0.833 bits per heavy atom. The standard InChI is InChI=1S/2CH2O3.H2O3Si/c2*2-1(3)4;1-4(2)3/h2*(H2,2,3,4);1-2H. The summed E-state index contributed by atoms with van der Waals surface area (Å²) in [6.45, 7) is 0. The maximum atomic E-state index is 8.74. The molecular formula is C2H6O9Si. The molecule has 0 aromatic carbocycles. The summed E-state index contributed by atoms with van der Waals surface area (Å²) in [5.41, 5.74) is 0. The molecule has 0 rings (SSSR count). The zero-order valence-electron chi connectivity index (χ0n) is 5.41. The van der Waals surface area contributed by atoms with Gasteiger partial charge in [0.1, 0.15) is 0 Å². The van der Waals surface area contributed by atoms with E-state index >= 15 is 0 Å². The second kappa shape index (κ2) is 11.9. The molecule has 12 heavy (non-hydrogen) atoms. The number of hydrogen-bond donors (Lipinski definition) is 6. The first kappa shape index (κ1) is 16.6. The van der Waals surface area contributed by atoms with Crippen molar-refractivity contribution in [2.24, 2.45) is 0 Å². The summed E-state index contributed by atoms with van der Waals surface area (Å²) in [6, 6.07) is 0. The Kier molecular flexibility index (Phi) is 16.5. The van der Waals surface area contributed by atoms with Crippen LogP contribution in [0.1, 0.15) is 0 Å². The Balaban J connectivity index is -0.000000101. The summed E-state index contributed by atoms with van der Waals surface area (Å²) in [4.78, 5) is 31.4. The molecule has 0 aromatic rings. The minimum absolute atomic E-state index is 1.83. The third kappa shape index (κ3) is 123. The van der Waals surface area contributed by atoms with Crippen LogP contribution in [0.3, 0.4) is 0 Å². The largest absolute Gasteiger partial charge is 0.761 e. The van der Waals surface area contributed by atoms with Gasteiger partial charge in [-0.2, -0.15) is 0 Å². The third-order valence-electron chi connectivity index (χ3n) is 0. The van der Waals surface area contributed by atoms with E-state index in [1.165, 1.54) is 0 Å². The lowest BCUT2D eigenvalue weighted by Gasteiger charge is -1.60. The van der Waals surface area contributed by atoms with Gasteiger partial charge < -0.3 is 30.0 Å². The lowest BCUT2D eigenvalue weighted by atomic mass is 11.5. The van der Waals surface area contributed by atoms with E-state index in [0.717, 1.165) is 0 Å². The Hall–Kier alpha value is -1.84. The first-order valence-electron chi connectivity index (χ1n) is 1.95. The Morgan fingerprint density at radius 1 is 0.833 bits per heavy atom. The van der Waals surface area contributed by atoms with Crippen LogP contribution in [0.25, 0.3) is 0 Å². The van der Waals surface area contributed by atoms with Gasteiger partial charge in [0.25, 0.3) is 0 Å². The van der Waals surface area contributed by atoms with Crippen molar-refractivity contribution >= 4 is 21.5 Å². The quantitative estimate of drug-likeness (QED) is 0.264. The smallest absolute Gasteiger partial charge is 0.511 e. The zero-order valence-corrected chi connectivity index (χ0v) is 6.41. The molecule has 0 spiro atoms. The van der Waals surface area contributed by atoms with E-state index in [1.54, 1.807) is 0 Å². The van der Waals surface area contributed by atoms with E-state index in [0.29, 0.717) is 0 Å². The van der Waals surface area contributed by atoms with E-state index in [2.05, 4.69) is 0 Å². The van der Waals surface area contributed by atoms with Crippen molar-refractivity contribution in [2.75, 3.05) is 0 Å². The van der Waals surface area contributed by atoms with E-state index in [9.17, 15) is 0 Å². The van der Waals surface area contributed by atoms with Crippen molar-refractivity contribution in [1.29, 1.82) is 0 Å². The summed E-state index contributed by atoms with van der Waals surface area (Å²) >= 11 is 0. The van der Waals surface area contributed by atoms with E-state index < -0.39 is 21.5 Å². The molecule has 6 N–H and O–H groups in total. The fourth-order valence-corrected chi connectivity index (χ4v) is 0. The second-order valence-electron chi connectivity index (χ2n) is 0.848. The first-order valence-corrected chi connectivity index (χ1v) is 3.26. The molecule has 0 bridgehead atoms. The summed E-state index contributed by atoms with van der Waals surface area (Å²) in [5, 5.41) is 27.9. The van der Waals surface area contributed by atoms with E-state index in [1.807, 2.05) is 0 Å². The van der Waals surface area contributed by atoms with Gasteiger partial charge in [0.05, 0.1) is 0 Å². The van der Waals surface area contributed by atoms with Gasteiger partial charge in [0, 0.05) is 0 Å². The van der Waals surface area contributed by atoms with E-state index in [-0.39, 0.29) is 0 Å². The van der Waals surface area contributed by atoms with E-state index in [4.69, 9.17) is 44.1 Å². The highest BCUT2D eigenvalue weighted by Crippen LogP contribution is 1.43. The molecule has 0 fully saturated rings. The summed E-state index contributed by atoms with van der Waals surface area (Å²) < 4.78 is 8.74. The molecule has 0 aromatic heterocycles. The predicted molar refractivity (Wildman–Crippen MR) is 32.2 cm³/mol. The van der Waals surface area contributed by atoms with Crippen molar-refractivity contribution in [3.05, 3.63) is 0 Å². The van der Waals surface area contributed by atoms with Crippen LogP contribution in [0.4, 0.5) is 9.59 Å². The summed E-state index contributed by atoms with van der Waals surface area (Å²) in [7, 11) is -3.13. The molecule has 72 valence electrons. The lowest BCUT2D eigenvalue weighted by molar-refractivity contribution is 0.135. The SMILES string of the molecule is O=C(O)O.O=C(O)O.O=[Si](O)O. The highest BCUT2D eigenvalue weighted by atomic mass is 28.3. The minimum atomic E-state index is -3.13. The highest BCUT2D eigenvalue weighted by molar-refractivity contribution is 6.22. The van der Waals surface area contributed by atoms with Gasteiger partial charge in [-0.05, 0) is 0 Å². The van der Waals surface area contributed by atoms with Crippen LogP contribution in [0, 0.1) is 0 Å². The van der Waals surface area contributed by atoms with Crippen molar-refractivity contribution in [3.63, 3.8) is 0 Å². The molecule has 10 heteroatoms. The van der Waals surface area contributed by atoms with Gasteiger partial charge in [-0.25, -0.2) is 9.59 Å². The Bertz CT molecular complexity index is 110. The maximum absolute atomic E-state index is 8.74. The molecule has 0 heterocycles. The first-order chi connectivity index (χ1) is 5.20. The lowest BCUT2D eigenvalue weighted by Crippen LogP contribution is -1.90. The molecule has 0 aliphatic rings. The number of carboxylic acid groups (broad SMARTS) is 4. The fourth-order valence-electron chi connectivity index (χ4n) is 0. The highest BCUT2D eigenvalue weighted by Gasteiger charge is 1.85. The molecule has 0 aliphatic heterocycles. The summed E-state index contributed by atoms with van der Waals surface area (Å²) in [5.74, 6) is 0. The van der Waals surface area contributed by atoms with Crippen LogP contribution in [-0.4, -0.2) is 51.5 Å². The Morgan fingerprint density at radius 2 is 0.833 bits per heavy atom. The van der Waals surface area contributed by atoms with Crippen molar-refractivity contribution in [2.45, 2.75) is 0 Å². The Labute approximate surface area is 66.7 Å². The topological polar surface area (TPSA) is 173 Å². The normalized spacial score (nSPS) is 6.00. The van der Waals surface area contributed by atoms with Crippen molar-refractivity contribution in [3.8, 4) is 0 Å². The van der Waals surface area contributed by atoms with Crippen LogP contribution in [0.2, 0.25) is 0 Å². The molecule has 0 amide bonds. The average molecular weight is 202 g/mol. The van der Waals surface area contributed by atoms with Crippen LogP contribution in [0.15, 0.2) is 0 Å². The van der Waals surface area contributed by atoms with Crippen LogP contribution < -0.4 is 0 Å². The van der Waals surface area contributed by atoms with Crippen LogP contribution >= 0.6 is 0 Å². The molecule has 0 atom stereocenters. The third-order valence-corrected chi connectivity index (χ3v) is 0. The maximum Gasteiger partial charge on any atom is 0.761 e. The molecule has 0 radical (unpaired) electrons. The molecule has 9 nitrogen and oxygen atoms in total. The van der Waals surface area contributed by atoms with Crippen molar-refractivity contribution < 1.29 is 44.1 Å². The molecule has 0 saturated heterocycles.